The first-order valence-electron chi connectivity index (χ1n) is 10.1. The first kappa shape index (κ1) is 22.6. The highest BCUT2D eigenvalue weighted by molar-refractivity contribution is 7.92. The Bertz CT molecular complexity index is 1210. The molecule has 31 heavy (non-hydrogen) atoms. The monoisotopic (exact) mass is 494 g/mol. The van der Waals surface area contributed by atoms with Crippen LogP contribution in [0.2, 0.25) is 10.0 Å². The van der Waals surface area contributed by atoms with E-state index in [9.17, 15) is 8.42 Å². The second-order valence-corrected chi connectivity index (χ2v) is 12.0. The van der Waals surface area contributed by atoms with Gasteiger partial charge in [-0.05, 0) is 62.9 Å². The highest BCUT2D eigenvalue weighted by atomic mass is 35.5. The van der Waals surface area contributed by atoms with Gasteiger partial charge in [-0.25, -0.2) is 13.4 Å². The Kier molecular flexibility index (Phi) is 6.37. The maximum absolute atomic E-state index is 13.1. The number of piperidine rings is 1. The van der Waals surface area contributed by atoms with Crippen molar-refractivity contribution in [3.05, 3.63) is 62.4 Å². The van der Waals surface area contributed by atoms with E-state index in [1.807, 2.05) is 0 Å². The lowest BCUT2D eigenvalue weighted by atomic mass is 9.98. The van der Waals surface area contributed by atoms with Gasteiger partial charge in [-0.2, -0.15) is 0 Å². The van der Waals surface area contributed by atoms with Gasteiger partial charge in [0.15, 0.2) is 15.0 Å². The van der Waals surface area contributed by atoms with Crippen LogP contribution in [0.3, 0.4) is 0 Å². The molecule has 1 saturated heterocycles. The van der Waals surface area contributed by atoms with E-state index >= 15 is 0 Å². The maximum atomic E-state index is 13.1. The Morgan fingerprint density at radius 3 is 2.29 bits per heavy atom. The first-order valence-corrected chi connectivity index (χ1v) is 13.3. The Balaban J connectivity index is 1.50. The summed E-state index contributed by atoms with van der Waals surface area (Å²) < 4.78 is 26.2. The smallest absolute Gasteiger partial charge is 0.185 e. The molecule has 0 radical (unpaired) electrons. The lowest BCUT2D eigenvalue weighted by Gasteiger charge is -2.31. The van der Waals surface area contributed by atoms with Gasteiger partial charge in [-0.15, -0.1) is 11.3 Å². The molecule has 3 aromatic rings. The average Bonchev–Trinajstić information content (AvgIpc) is 3.16. The van der Waals surface area contributed by atoms with Crippen LogP contribution < -0.4 is 4.90 Å². The van der Waals surface area contributed by atoms with Crippen LogP contribution in [-0.2, 0) is 9.84 Å². The van der Waals surface area contributed by atoms with E-state index in [4.69, 9.17) is 28.2 Å². The number of thiazole rings is 1. The standard InChI is InChI=1S/C23H24Cl2N2O2S2/c1-14-10-15(2)22(16(3)11-14)20-13-30-23(26-20)27-8-6-18(7-9-27)31(28,29)21-5-4-17(24)12-19(21)25/h4-5,10-13,18H,6-9H2,1-3H3. The molecule has 164 valence electrons. The third kappa shape index (κ3) is 4.49. The normalized spacial score (nSPS) is 15.5. The van der Waals surface area contributed by atoms with Crippen LogP contribution >= 0.6 is 34.5 Å². The van der Waals surface area contributed by atoms with E-state index in [0.29, 0.717) is 31.0 Å². The number of sulfone groups is 1. The van der Waals surface area contributed by atoms with Crippen LogP contribution in [-0.4, -0.2) is 31.7 Å². The minimum atomic E-state index is -3.50. The van der Waals surface area contributed by atoms with E-state index in [0.717, 1.165) is 10.8 Å². The molecular formula is C23H24Cl2N2O2S2. The van der Waals surface area contributed by atoms with Gasteiger partial charge in [0, 0.05) is 29.1 Å². The van der Waals surface area contributed by atoms with Crippen LogP contribution in [0.15, 0.2) is 40.6 Å². The summed E-state index contributed by atoms with van der Waals surface area (Å²) in [7, 11) is -3.50. The zero-order valence-electron chi connectivity index (χ0n) is 17.7. The van der Waals surface area contributed by atoms with Gasteiger partial charge in [0.1, 0.15) is 0 Å². The van der Waals surface area contributed by atoms with E-state index in [-0.39, 0.29) is 9.92 Å². The van der Waals surface area contributed by atoms with Gasteiger partial charge >= 0.3 is 0 Å². The second kappa shape index (κ2) is 8.74. The number of anilines is 1. The summed E-state index contributed by atoms with van der Waals surface area (Å²) in [5.41, 5.74) is 5.86. The zero-order valence-corrected chi connectivity index (χ0v) is 20.8. The van der Waals surface area contributed by atoms with Gasteiger partial charge in [0.2, 0.25) is 0 Å². The number of benzene rings is 2. The fourth-order valence-electron chi connectivity index (χ4n) is 4.35. The SMILES string of the molecule is Cc1cc(C)c(-c2csc(N3CCC(S(=O)(=O)c4ccc(Cl)cc4Cl)CC3)n2)c(C)c1. The van der Waals surface area contributed by atoms with Crippen LogP contribution in [0.4, 0.5) is 5.13 Å². The molecule has 2 aromatic carbocycles. The van der Waals surface area contributed by atoms with Crippen molar-refractivity contribution in [3.63, 3.8) is 0 Å². The van der Waals surface area contributed by atoms with E-state index in [1.54, 1.807) is 17.4 Å². The number of halogens is 2. The van der Waals surface area contributed by atoms with Crippen molar-refractivity contribution in [1.82, 2.24) is 4.98 Å². The van der Waals surface area contributed by atoms with Crippen molar-refractivity contribution >= 4 is 49.5 Å². The Morgan fingerprint density at radius 1 is 1.03 bits per heavy atom. The molecule has 0 aliphatic carbocycles. The summed E-state index contributed by atoms with van der Waals surface area (Å²) >= 11 is 13.7. The summed E-state index contributed by atoms with van der Waals surface area (Å²) in [5, 5.41) is 3.19. The quantitative estimate of drug-likeness (QED) is 0.416. The molecule has 0 bridgehead atoms. The van der Waals surface area contributed by atoms with Crippen LogP contribution in [0.25, 0.3) is 11.3 Å². The lowest BCUT2D eigenvalue weighted by Crippen LogP contribution is -2.39. The van der Waals surface area contributed by atoms with Crippen molar-refractivity contribution in [1.29, 1.82) is 0 Å². The number of aromatic nitrogens is 1. The second-order valence-electron chi connectivity index (χ2n) is 8.10. The summed E-state index contributed by atoms with van der Waals surface area (Å²) in [6.07, 6.45) is 1.08. The van der Waals surface area contributed by atoms with Gasteiger partial charge in [0.05, 0.1) is 20.9 Å². The molecule has 4 nitrogen and oxygen atoms in total. The fourth-order valence-corrected chi connectivity index (χ4v) is 7.73. The molecule has 0 atom stereocenters. The third-order valence-corrected chi connectivity index (χ3v) is 9.66. The predicted molar refractivity (Wildman–Crippen MR) is 131 cm³/mol. The molecule has 0 N–H and O–H groups in total. The molecule has 1 aliphatic rings. The average molecular weight is 495 g/mol. The summed E-state index contributed by atoms with van der Waals surface area (Å²) in [4.78, 5) is 7.23. The minimum Gasteiger partial charge on any atom is -0.348 e. The first-order chi connectivity index (χ1) is 14.7. The zero-order chi connectivity index (χ0) is 22.3. The summed E-state index contributed by atoms with van der Waals surface area (Å²) in [6.45, 7) is 7.63. The van der Waals surface area contributed by atoms with Crippen molar-refractivity contribution < 1.29 is 8.42 Å². The molecule has 1 aliphatic heterocycles. The maximum Gasteiger partial charge on any atom is 0.185 e. The Labute approximate surface area is 197 Å². The van der Waals surface area contributed by atoms with Gasteiger partial charge in [0.25, 0.3) is 0 Å². The van der Waals surface area contributed by atoms with Crippen molar-refractivity contribution in [3.8, 4) is 11.3 Å². The van der Waals surface area contributed by atoms with Gasteiger partial charge in [-0.1, -0.05) is 40.9 Å². The van der Waals surface area contributed by atoms with E-state index in [2.05, 4.69) is 43.2 Å². The number of aryl methyl sites for hydroxylation is 3. The summed E-state index contributed by atoms with van der Waals surface area (Å²) in [6, 6.07) is 8.92. The molecule has 4 rings (SSSR count). The van der Waals surface area contributed by atoms with Crippen LogP contribution in [0.1, 0.15) is 29.5 Å². The Morgan fingerprint density at radius 2 is 1.68 bits per heavy atom. The molecule has 8 heteroatoms. The van der Waals surface area contributed by atoms with E-state index < -0.39 is 15.1 Å². The van der Waals surface area contributed by atoms with Gasteiger partial charge in [-0.3, -0.25) is 0 Å². The summed E-state index contributed by atoms with van der Waals surface area (Å²) in [5.74, 6) is 0. The molecule has 0 unspecified atom stereocenters. The molecule has 1 fully saturated rings. The minimum absolute atomic E-state index is 0.166. The molecule has 0 saturated carbocycles. The van der Waals surface area contributed by atoms with Crippen molar-refractivity contribution in [2.24, 2.45) is 0 Å². The molecule has 2 heterocycles. The number of rotatable bonds is 4. The third-order valence-electron chi connectivity index (χ3n) is 5.78. The van der Waals surface area contributed by atoms with Crippen LogP contribution in [0, 0.1) is 20.8 Å². The van der Waals surface area contributed by atoms with Crippen molar-refractivity contribution in [2.45, 2.75) is 43.8 Å². The molecule has 0 amide bonds. The predicted octanol–water partition coefficient (Wildman–Crippen LogP) is 6.48. The lowest BCUT2D eigenvalue weighted by molar-refractivity contribution is 0.529. The number of hydrogen-bond donors (Lipinski definition) is 0. The molecule has 0 spiro atoms. The number of hydrogen-bond acceptors (Lipinski definition) is 5. The van der Waals surface area contributed by atoms with E-state index in [1.165, 1.54) is 34.4 Å². The topological polar surface area (TPSA) is 50.3 Å². The number of nitrogens with zero attached hydrogens (tertiary/aromatic N) is 2. The molecular weight excluding hydrogens is 471 g/mol. The fraction of sp³-hybridized carbons (Fsp3) is 0.348. The highest BCUT2D eigenvalue weighted by Gasteiger charge is 2.33. The van der Waals surface area contributed by atoms with Crippen LogP contribution in [0.5, 0.6) is 0 Å². The van der Waals surface area contributed by atoms with Crippen molar-refractivity contribution in [2.75, 3.05) is 18.0 Å². The largest absolute Gasteiger partial charge is 0.348 e. The van der Waals surface area contributed by atoms with Gasteiger partial charge < -0.3 is 4.90 Å². The Hall–Kier alpha value is -1.60. The molecule has 1 aromatic heterocycles. The highest BCUT2D eigenvalue weighted by Crippen LogP contribution is 2.35.